The standard InChI is InChI=1S/C19H24N4O3/c1-13-17(19-22-21-16(26-19)12-24-2)23-10-6-9-15(18(23)20-13)25-11-14-7-4-3-5-8-14/h6,9-10,14H,3-5,7-8,11-12H2,1-2H3. The van der Waals surface area contributed by atoms with Crippen LogP contribution in [-0.4, -0.2) is 33.3 Å². The second kappa shape index (κ2) is 7.45. The number of aromatic nitrogens is 4. The molecule has 1 saturated carbocycles. The number of pyridine rings is 1. The molecular formula is C19H24N4O3. The lowest BCUT2D eigenvalue weighted by molar-refractivity contribution is 0.160. The first kappa shape index (κ1) is 17.0. The molecule has 138 valence electrons. The van der Waals surface area contributed by atoms with E-state index in [1.54, 1.807) is 7.11 Å². The molecule has 7 nitrogen and oxygen atoms in total. The Morgan fingerprint density at radius 2 is 2.08 bits per heavy atom. The lowest BCUT2D eigenvalue weighted by Gasteiger charge is -2.21. The Balaban J connectivity index is 1.62. The van der Waals surface area contributed by atoms with Crippen molar-refractivity contribution in [3.05, 3.63) is 29.9 Å². The van der Waals surface area contributed by atoms with Gasteiger partial charge in [-0.1, -0.05) is 19.3 Å². The lowest BCUT2D eigenvalue weighted by atomic mass is 9.90. The fourth-order valence-electron chi connectivity index (χ4n) is 3.62. The molecule has 1 aliphatic rings. The molecule has 0 aliphatic heterocycles. The summed E-state index contributed by atoms with van der Waals surface area (Å²) in [6.45, 7) is 2.98. The van der Waals surface area contributed by atoms with E-state index < -0.39 is 0 Å². The maximum absolute atomic E-state index is 6.14. The van der Waals surface area contributed by atoms with Gasteiger partial charge in [-0.05, 0) is 37.8 Å². The molecule has 1 aliphatic carbocycles. The Hall–Kier alpha value is -2.41. The number of ether oxygens (including phenoxy) is 2. The highest BCUT2D eigenvalue weighted by Gasteiger charge is 2.20. The number of rotatable bonds is 6. The predicted molar refractivity (Wildman–Crippen MR) is 96.0 cm³/mol. The van der Waals surface area contributed by atoms with Crippen LogP contribution in [-0.2, 0) is 11.3 Å². The minimum Gasteiger partial charge on any atom is -0.489 e. The Kier molecular flexibility index (Phi) is 4.88. The summed E-state index contributed by atoms with van der Waals surface area (Å²) in [4.78, 5) is 4.69. The Bertz CT molecular complexity index is 880. The van der Waals surface area contributed by atoms with Gasteiger partial charge in [0.1, 0.15) is 12.3 Å². The van der Waals surface area contributed by atoms with Crippen LogP contribution in [0.5, 0.6) is 5.75 Å². The van der Waals surface area contributed by atoms with E-state index in [0.29, 0.717) is 24.3 Å². The number of methoxy groups -OCH3 is 1. The number of aryl methyl sites for hydroxylation is 1. The van der Waals surface area contributed by atoms with Crippen molar-refractivity contribution in [3.8, 4) is 17.3 Å². The van der Waals surface area contributed by atoms with Crippen LogP contribution < -0.4 is 4.74 Å². The van der Waals surface area contributed by atoms with E-state index in [2.05, 4.69) is 15.2 Å². The third-order valence-electron chi connectivity index (χ3n) is 4.93. The average Bonchev–Trinajstić information content (AvgIpc) is 3.24. The zero-order chi connectivity index (χ0) is 17.9. The van der Waals surface area contributed by atoms with Gasteiger partial charge in [0.15, 0.2) is 11.4 Å². The van der Waals surface area contributed by atoms with E-state index >= 15 is 0 Å². The van der Waals surface area contributed by atoms with Gasteiger partial charge in [-0.2, -0.15) is 0 Å². The monoisotopic (exact) mass is 356 g/mol. The van der Waals surface area contributed by atoms with Crippen LogP contribution in [0.2, 0.25) is 0 Å². The van der Waals surface area contributed by atoms with Gasteiger partial charge in [-0.3, -0.25) is 4.40 Å². The molecule has 1 fully saturated rings. The highest BCUT2D eigenvalue weighted by atomic mass is 16.5. The fourth-order valence-corrected chi connectivity index (χ4v) is 3.62. The number of hydrogen-bond acceptors (Lipinski definition) is 6. The molecule has 3 aromatic rings. The second-order valence-corrected chi connectivity index (χ2v) is 6.86. The highest BCUT2D eigenvalue weighted by molar-refractivity contribution is 5.65. The minimum absolute atomic E-state index is 0.290. The van der Waals surface area contributed by atoms with Crippen molar-refractivity contribution in [2.75, 3.05) is 13.7 Å². The number of imidazole rings is 1. The van der Waals surface area contributed by atoms with E-state index in [0.717, 1.165) is 29.4 Å². The van der Waals surface area contributed by atoms with Gasteiger partial charge in [-0.15, -0.1) is 10.2 Å². The van der Waals surface area contributed by atoms with Gasteiger partial charge in [-0.25, -0.2) is 4.98 Å². The first-order chi connectivity index (χ1) is 12.8. The van der Waals surface area contributed by atoms with Crippen LogP contribution in [0.4, 0.5) is 0 Å². The molecule has 0 unspecified atom stereocenters. The second-order valence-electron chi connectivity index (χ2n) is 6.86. The van der Waals surface area contributed by atoms with Gasteiger partial charge in [0.2, 0.25) is 5.89 Å². The Labute approximate surface area is 152 Å². The summed E-state index contributed by atoms with van der Waals surface area (Å²) in [6, 6.07) is 3.93. The first-order valence-corrected chi connectivity index (χ1v) is 9.18. The quantitative estimate of drug-likeness (QED) is 0.669. The molecule has 0 aromatic carbocycles. The molecule has 0 spiro atoms. The van der Waals surface area contributed by atoms with Crippen LogP contribution in [0.15, 0.2) is 22.7 Å². The van der Waals surface area contributed by atoms with Crippen LogP contribution in [0.1, 0.15) is 43.7 Å². The molecule has 4 rings (SSSR count). The van der Waals surface area contributed by atoms with Crippen LogP contribution >= 0.6 is 0 Å². The van der Waals surface area contributed by atoms with E-state index in [1.807, 2.05) is 29.7 Å². The smallest absolute Gasteiger partial charge is 0.266 e. The first-order valence-electron chi connectivity index (χ1n) is 9.18. The highest BCUT2D eigenvalue weighted by Crippen LogP contribution is 2.30. The Morgan fingerprint density at radius 3 is 2.88 bits per heavy atom. The van der Waals surface area contributed by atoms with Crippen LogP contribution in [0, 0.1) is 12.8 Å². The maximum atomic E-state index is 6.14. The van der Waals surface area contributed by atoms with Crippen molar-refractivity contribution in [2.45, 2.75) is 45.6 Å². The summed E-state index contributed by atoms with van der Waals surface area (Å²) in [5, 5.41) is 8.15. The van der Waals surface area contributed by atoms with Crippen molar-refractivity contribution in [1.29, 1.82) is 0 Å². The van der Waals surface area contributed by atoms with Gasteiger partial charge in [0, 0.05) is 13.3 Å². The zero-order valence-corrected chi connectivity index (χ0v) is 15.3. The summed E-state index contributed by atoms with van der Waals surface area (Å²) < 4.78 is 18.8. The molecule has 0 atom stereocenters. The average molecular weight is 356 g/mol. The maximum Gasteiger partial charge on any atom is 0.266 e. The summed E-state index contributed by atoms with van der Waals surface area (Å²) >= 11 is 0. The summed E-state index contributed by atoms with van der Waals surface area (Å²) in [5.74, 6) is 2.32. The Morgan fingerprint density at radius 1 is 1.23 bits per heavy atom. The molecule has 0 saturated heterocycles. The normalized spacial score (nSPS) is 15.6. The third-order valence-corrected chi connectivity index (χ3v) is 4.93. The van der Waals surface area contributed by atoms with Crippen molar-refractivity contribution in [2.24, 2.45) is 5.92 Å². The molecule has 0 radical (unpaired) electrons. The van der Waals surface area contributed by atoms with Gasteiger partial charge >= 0.3 is 0 Å². The van der Waals surface area contributed by atoms with E-state index in [1.165, 1.54) is 32.1 Å². The minimum atomic E-state index is 0.290. The zero-order valence-electron chi connectivity index (χ0n) is 15.3. The molecule has 3 aromatic heterocycles. The molecule has 0 amide bonds. The third kappa shape index (κ3) is 3.31. The molecule has 3 heterocycles. The summed E-state index contributed by atoms with van der Waals surface area (Å²) in [5.41, 5.74) is 2.40. The van der Waals surface area contributed by atoms with Gasteiger partial charge < -0.3 is 13.9 Å². The summed E-state index contributed by atoms with van der Waals surface area (Å²) in [6.07, 6.45) is 8.43. The molecule has 0 N–H and O–H groups in total. The topological polar surface area (TPSA) is 74.7 Å². The molecule has 26 heavy (non-hydrogen) atoms. The lowest BCUT2D eigenvalue weighted by Crippen LogP contribution is -2.15. The van der Waals surface area contributed by atoms with E-state index in [-0.39, 0.29) is 0 Å². The van der Waals surface area contributed by atoms with E-state index in [9.17, 15) is 0 Å². The number of fused-ring (bicyclic) bond motifs is 1. The van der Waals surface area contributed by atoms with Crippen LogP contribution in [0.25, 0.3) is 17.2 Å². The summed E-state index contributed by atoms with van der Waals surface area (Å²) in [7, 11) is 1.60. The number of hydrogen-bond donors (Lipinski definition) is 0. The fraction of sp³-hybridized carbons (Fsp3) is 0.526. The van der Waals surface area contributed by atoms with Crippen LogP contribution in [0.3, 0.4) is 0 Å². The predicted octanol–water partition coefficient (Wildman–Crippen LogP) is 3.80. The van der Waals surface area contributed by atoms with Crippen molar-refractivity contribution in [3.63, 3.8) is 0 Å². The van der Waals surface area contributed by atoms with Crippen molar-refractivity contribution < 1.29 is 13.9 Å². The van der Waals surface area contributed by atoms with Gasteiger partial charge in [0.05, 0.1) is 12.3 Å². The molecule has 7 heteroatoms. The molecular weight excluding hydrogens is 332 g/mol. The largest absolute Gasteiger partial charge is 0.489 e. The van der Waals surface area contributed by atoms with Crippen molar-refractivity contribution >= 4 is 5.65 Å². The van der Waals surface area contributed by atoms with Gasteiger partial charge in [0.25, 0.3) is 5.89 Å². The number of nitrogens with zero attached hydrogens (tertiary/aromatic N) is 4. The SMILES string of the molecule is COCc1nnc(-c2c(C)nc3c(OCC4CCCCC4)cccn23)o1. The molecule has 0 bridgehead atoms. The van der Waals surface area contributed by atoms with E-state index in [4.69, 9.17) is 13.9 Å². The van der Waals surface area contributed by atoms with Crippen molar-refractivity contribution in [1.82, 2.24) is 19.6 Å².